The molecule has 2 unspecified atom stereocenters. The van der Waals surface area contributed by atoms with Crippen molar-refractivity contribution in [1.82, 2.24) is 9.38 Å². The fourth-order valence-corrected chi connectivity index (χ4v) is 3.64. The van der Waals surface area contributed by atoms with Crippen LogP contribution in [-0.4, -0.2) is 20.3 Å². The number of nitro groups is 1. The van der Waals surface area contributed by atoms with E-state index in [4.69, 9.17) is 5.26 Å². The van der Waals surface area contributed by atoms with Crippen LogP contribution in [0.2, 0.25) is 0 Å². The van der Waals surface area contributed by atoms with Gasteiger partial charge in [0.2, 0.25) is 6.04 Å². The summed E-state index contributed by atoms with van der Waals surface area (Å²) in [5, 5.41) is 20.6. The van der Waals surface area contributed by atoms with Crippen LogP contribution >= 0.6 is 0 Å². The number of aromatic nitrogens is 2. The summed E-state index contributed by atoms with van der Waals surface area (Å²) in [6.45, 7) is 0. The van der Waals surface area contributed by atoms with Gasteiger partial charge in [-0.05, 0) is 18.2 Å². The van der Waals surface area contributed by atoms with Gasteiger partial charge in [0.1, 0.15) is 11.5 Å². The van der Waals surface area contributed by atoms with Crippen LogP contribution in [0.4, 0.5) is 13.2 Å². The van der Waals surface area contributed by atoms with Crippen LogP contribution in [0.25, 0.3) is 5.65 Å². The highest BCUT2D eigenvalue weighted by Gasteiger charge is 2.41. The molecule has 0 amide bonds. The molecule has 1 aliphatic rings. The van der Waals surface area contributed by atoms with Crippen LogP contribution in [0.1, 0.15) is 28.4 Å². The predicted molar refractivity (Wildman–Crippen MR) is 87.2 cm³/mol. The fraction of sp³-hybridized carbons (Fsp3) is 0.222. The number of nitrogens with zero attached hydrogens (tertiary/aromatic N) is 4. The van der Waals surface area contributed by atoms with Gasteiger partial charge in [0.15, 0.2) is 11.6 Å². The van der Waals surface area contributed by atoms with Gasteiger partial charge in [0, 0.05) is 29.2 Å². The van der Waals surface area contributed by atoms with E-state index in [2.05, 4.69) is 4.98 Å². The Labute approximate surface area is 150 Å². The van der Waals surface area contributed by atoms with Crippen molar-refractivity contribution in [3.05, 3.63) is 80.5 Å². The summed E-state index contributed by atoms with van der Waals surface area (Å²) in [7, 11) is 0. The normalized spacial score (nSPS) is 18.9. The molecule has 27 heavy (non-hydrogen) atoms. The Balaban J connectivity index is 1.85. The molecule has 0 N–H and O–H groups in total. The molecule has 0 spiro atoms. The minimum Gasteiger partial charge on any atom is -0.303 e. The van der Waals surface area contributed by atoms with Crippen molar-refractivity contribution < 1.29 is 18.1 Å². The van der Waals surface area contributed by atoms with E-state index in [-0.39, 0.29) is 18.4 Å². The van der Waals surface area contributed by atoms with Gasteiger partial charge in [0.05, 0.1) is 35.4 Å². The van der Waals surface area contributed by atoms with Gasteiger partial charge in [-0.2, -0.15) is 5.26 Å². The quantitative estimate of drug-likeness (QED) is 0.393. The minimum atomic E-state index is -1.35. The van der Waals surface area contributed by atoms with Crippen LogP contribution in [0.5, 0.6) is 0 Å². The van der Waals surface area contributed by atoms with Crippen LogP contribution < -0.4 is 0 Å². The molecule has 4 rings (SSSR count). The highest BCUT2D eigenvalue weighted by molar-refractivity contribution is 5.50. The zero-order valence-corrected chi connectivity index (χ0v) is 13.7. The molecule has 0 saturated heterocycles. The van der Waals surface area contributed by atoms with Crippen molar-refractivity contribution in [2.75, 3.05) is 0 Å². The van der Waals surface area contributed by atoms with Crippen molar-refractivity contribution in [2.45, 2.75) is 24.8 Å². The Bertz CT molecular complexity index is 1140. The molecule has 136 valence electrons. The van der Waals surface area contributed by atoms with Gasteiger partial charge in [-0.3, -0.25) is 10.1 Å². The molecular formula is C18H11F3N4O2. The molecular weight excluding hydrogens is 361 g/mol. The van der Waals surface area contributed by atoms with Gasteiger partial charge in [-0.25, -0.2) is 18.2 Å². The molecule has 1 aliphatic carbocycles. The topological polar surface area (TPSA) is 84.2 Å². The Morgan fingerprint density at radius 1 is 1.19 bits per heavy atom. The van der Waals surface area contributed by atoms with Crippen molar-refractivity contribution in [1.29, 1.82) is 5.26 Å². The maximum Gasteiger partial charge on any atom is 0.225 e. The van der Waals surface area contributed by atoms with E-state index in [1.165, 1.54) is 0 Å². The van der Waals surface area contributed by atoms with Crippen LogP contribution in [0.15, 0.2) is 30.5 Å². The first-order valence-electron chi connectivity index (χ1n) is 8.07. The van der Waals surface area contributed by atoms with Crippen LogP contribution in [-0.2, 0) is 12.8 Å². The molecule has 6 nitrogen and oxygen atoms in total. The summed E-state index contributed by atoms with van der Waals surface area (Å²) in [5.41, 5.74) is 1.70. The number of rotatable bonds is 2. The number of benzene rings is 1. The molecule has 0 fully saturated rings. The number of pyridine rings is 1. The lowest BCUT2D eigenvalue weighted by molar-refractivity contribution is -0.527. The number of halogens is 3. The van der Waals surface area contributed by atoms with Crippen molar-refractivity contribution >= 4 is 5.65 Å². The van der Waals surface area contributed by atoms with Gasteiger partial charge in [0.25, 0.3) is 0 Å². The third-order valence-corrected chi connectivity index (χ3v) is 4.93. The van der Waals surface area contributed by atoms with Gasteiger partial charge in [-0.15, -0.1) is 0 Å². The highest BCUT2D eigenvalue weighted by Crippen LogP contribution is 2.36. The molecule has 2 heterocycles. The highest BCUT2D eigenvalue weighted by atomic mass is 19.2. The molecule has 2 atom stereocenters. The first kappa shape index (κ1) is 17.0. The average Bonchev–Trinajstić information content (AvgIpc) is 3.00. The Hall–Kier alpha value is -3.41. The van der Waals surface area contributed by atoms with Gasteiger partial charge in [-0.1, -0.05) is 0 Å². The number of imidazole rings is 1. The summed E-state index contributed by atoms with van der Waals surface area (Å²) < 4.78 is 42.8. The lowest BCUT2D eigenvalue weighted by Gasteiger charge is -2.26. The average molecular weight is 372 g/mol. The van der Waals surface area contributed by atoms with Crippen LogP contribution in [0.3, 0.4) is 0 Å². The summed E-state index contributed by atoms with van der Waals surface area (Å²) >= 11 is 0. The van der Waals surface area contributed by atoms with Crippen molar-refractivity contribution in [3.8, 4) is 6.07 Å². The second-order valence-electron chi connectivity index (χ2n) is 6.42. The predicted octanol–water partition coefficient (Wildman–Crippen LogP) is 3.15. The van der Waals surface area contributed by atoms with E-state index < -0.39 is 34.3 Å². The van der Waals surface area contributed by atoms with Gasteiger partial charge < -0.3 is 4.40 Å². The lowest BCUT2D eigenvalue weighted by Crippen LogP contribution is -2.36. The largest absolute Gasteiger partial charge is 0.303 e. The summed E-state index contributed by atoms with van der Waals surface area (Å²) in [4.78, 5) is 15.5. The second kappa shape index (κ2) is 6.09. The number of nitriles is 1. The van der Waals surface area contributed by atoms with Gasteiger partial charge >= 0.3 is 0 Å². The minimum absolute atomic E-state index is 0.00649. The molecule has 0 bridgehead atoms. The molecule has 2 aromatic heterocycles. The first-order chi connectivity index (χ1) is 12.9. The fourth-order valence-electron chi connectivity index (χ4n) is 3.64. The molecule has 3 aromatic rings. The van der Waals surface area contributed by atoms with Crippen molar-refractivity contribution in [2.24, 2.45) is 0 Å². The number of fused-ring (bicyclic) bond motifs is 3. The SMILES string of the molecule is N#Cc1ccn2c3c(nc2c1)CC(c1cc(F)c(F)cc1F)C([N+](=O)[O-])C3. The zero-order chi connectivity index (χ0) is 19.3. The molecule has 0 radical (unpaired) electrons. The maximum absolute atomic E-state index is 14.2. The summed E-state index contributed by atoms with van der Waals surface area (Å²) in [5.74, 6) is -4.61. The van der Waals surface area contributed by atoms with E-state index in [9.17, 15) is 23.3 Å². The second-order valence-corrected chi connectivity index (χ2v) is 6.42. The monoisotopic (exact) mass is 372 g/mol. The smallest absolute Gasteiger partial charge is 0.225 e. The first-order valence-corrected chi connectivity index (χ1v) is 8.07. The lowest BCUT2D eigenvalue weighted by atomic mass is 9.80. The summed E-state index contributed by atoms with van der Waals surface area (Å²) in [6, 6.07) is 4.98. The number of hydrogen-bond donors (Lipinski definition) is 0. The maximum atomic E-state index is 14.2. The Kier molecular flexibility index (Phi) is 3.84. The van der Waals surface area contributed by atoms with Crippen LogP contribution in [0, 0.1) is 38.9 Å². The molecule has 0 aliphatic heterocycles. The number of hydrogen-bond acceptors (Lipinski definition) is 4. The van der Waals surface area contributed by atoms with E-state index in [0.717, 1.165) is 0 Å². The molecule has 0 saturated carbocycles. The van der Waals surface area contributed by atoms with E-state index >= 15 is 0 Å². The standard InChI is InChI=1S/C18H11F3N4O2/c19-12-6-14(21)13(20)4-10(12)11-5-15-17(7-16(11)25(26)27)24-2-1-9(8-22)3-18(24)23-15/h1-4,6,11,16H,5,7H2. The molecule has 9 heteroatoms. The van der Waals surface area contributed by atoms with E-state index in [1.807, 2.05) is 6.07 Å². The van der Waals surface area contributed by atoms with E-state index in [0.29, 0.717) is 34.7 Å². The summed E-state index contributed by atoms with van der Waals surface area (Å²) in [6.07, 6.45) is 1.57. The zero-order valence-electron chi connectivity index (χ0n) is 13.7. The Morgan fingerprint density at radius 2 is 1.93 bits per heavy atom. The third kappa shape index (κ3) is 2.70. The van der Waals surface area contributed by atoms with Crippen molar-refractivity contribution in [3.63, 3.8) is 0 Å². The molecule has 1 aromatic carbocycles. The van der Waals surface area contributed by atoms with E-state index in [1.54, 1.807) is 22.7 Å². The Morgan fingerprint density at radius 3 is 2.63 bits per heavy atom. The third-order valence-electron chi connectivity index (χ3n) is 4.93.